The van der Waals surface area contributed by atoms with Gasteiger partial charge in [0, 0.05) is 19.8 Å². The van der Waals surface area contributed by atoms with Gasteiger partial charge in [0.2, 0.25) is 0 Å². The zero-order chi connectivity index (χ0) is 16.8. The predicted octanol–water partition coefficient (Wildman–Crippen LogP) is 1.00. The molecule has 0 unspecified atom stereocenters. The minimum atomic E-state index is -0.0774. The van der Waals surface area contributed by atoms with Gasteiger partial charge >= 0.3 is 0 Å². The number of nitrogens with zero attached hydrogens (tertiary/aromatic N) is 7. The molecule has 4 rings (SSSR count). The van der Waals surface area contributed by atoms with Crippen molar-refractivity contribution in [3.05, 3.63) is 41.1 Å². The van der Waals surface area contributed by atoms with Crippen LogP contribution in [0.5, 0.6) is 0 Å². The van der Waals surface area contributed by atoms with Crippen molar-refractivity contribution >= 4 is 17.1 Å². The molecule has 0 N–H and O–H groups in total. The highest BCUT2D eigenvalue weighted by Gasteiger charge is 2.25. The van der Waals surface area contributed by atoms with E-state index in [1.807, 2.05) is 24.6 Å². The number of hydrogen-bond donors (Lipinski definition) is 0. The number of carbonyl (C=O) groups is 1. The van der Waals surface area contributed by atoms with E-state index in [4.69, 9.17) is 5.26 Å². The second kappa shape index (κ2) is 5.16. The maximum Gasteiger partial charge on any atom is 0.256 e. The van der Waals surface area contributed by atoms with Crippen molar-refractivity contribution in [1.29, 1.82) is 5.26 Å². The van der Waals surface area contributed by atoms with Crippen LogP contribution in [0.3, 0.4) is 0 Å². The molecule has 8 heteroatoms. The third-order valence-electron chi connectivity index (χ3n) is 4.41. The molecule has 0 bridgehead atoms. The Hall–Kier alpha value is -3.21. The van der Waals surface area contributed by atoms with E-state index >= 15 is 0 Å². The molecule has 3 aromatic rings. The van der Waals surface area contributed by atoms with Gasteiger partial charge < -0.3 is 9.47 Å². The van der Waals surface area contributed by atoms with Gasteiger partial charge in [-0.25, -0.2) is 9.97 Å². The Kier molecular flexibility index (Phi) is 3.09. The summed E-state index contributed by atoms with van der Waals surface area (Å²) < 4.78 is 3.66. The molecule has 120 valence electrons. The van der Waals surface area contributed by atoms with Crippen molar-refractivity contribution in [2.45, 2.75) is 20.0 Å². The van der Waals surface area contributed by atoms with Gasteiger partial charge in [0.05, 0.1) is 24.3 Å². The Morgan fingerprint density at radius 3 is 3.00 bits per heavy atom. The molecule has 0 atom stereocenters. The molecule has 0 saturated heterocycles. The van der Waals surface area contributed by atoms with E-state index in [9.17, 15) is 4.79 Å². The van der Waals surface area contributed by atoms with Gasteiger partial charge in [0.25, 0.3) is 5.91 Å². The molecule has 1 amide bonds. The van der Waals surface area contributed by atoms with Crippen LogP contribution in [0.25, 0.3) is 11.2 Å². The van der Waals surface area contributed by atoms with Crippen molar-refractivity contribution < 1.29 is 4.79 Å². The lowest BCUT2D eigenvalue weighted by Crippen LogP contribution is -2.38. The highest BCUT2D eigenvalue weighted by molar-refractivity contribution is 6.04. The first kappa shape index (κ1) is 14.4. The van der Waals surface area contributed by atoms with E-state index in [0.717, 1.165) is 11.5 Å². The van der Waals surface area contributed by atoms with Crippen LogP contribution in [-0.4, -0.2) is 41.7 Å². The number of aromatic nitrogens is 5. The molecule has 0 spiro atoms. The highest BCUT2D eigenvalue weighted by atomic mass is 16.2. The van der Waals surface area contributed by atoms with Crippen molar-refractivity contribution in [1.82, 2.24) is 29.2 Å². The van der Waals surface area contributed by atoms with Crippen molar-refractivity contribution in [2.75, 3.05) is 6.54 Å². The molecule has 8 nitrogen and oxygen atoms in total. The summed E-state index contributed by atoms with van der Waals surface area (Å²) in [4.78, 5) is 23.5. The minimum Gasteiger partial charge on any atom is -0.331 e. The van der Waals surface area contributed by atoms with Gasteiger partial charge in [-0.05, 0) is 19.1 Å². The van der Waals surface area contributed by atoms with Gasteiger partial charge in [0.15, 0.2) is 11.3 Å². The van der Waals surface area contributed by atoms with Crippen molar-refractivity contribution in [3.63, 3.8) is 0 Å². The maximum absolute atomic E-state index is 13.0. The van der Waals surface area contributed by atoms with E-state index in [1.54, 1.807) is 27.9 Å². The lowest BCUT2D eigenvalue weighted by atomic mass is 10.2. The van der Waals surface area contributed by atoms with Crippen LogP contribution in [0.1, 0.15) is 27.6 Å². The Morgan fingerprint density at radius 2 is 2.21 bits per heavy atom. The number of fused-ring (bicyclic) bond motifs is 2. The Bertz CT molecular complexity index is 1010. The molecule has 0 aromatic carbocycles. The molecule has 0 fully saturated rings. The summed E-state index contributed by atoms with van der Waals surface area (Å²) in [6.45, 7) is 3.45. The van der Waals surface area contributed by atoms with E-state index in [1.165, 1.54) is 0 Å². The zero-order valence-corrected chi connectivity index (χ0v) is 13.4. The number of amides is 1. The summed E-state index contributed by atoms with van der Waals surface area (Å²) in [5.74, 6) is 0.736. The number of aryl methyl sites for hydroxylation is 2. The highest BCUT2D eigenvalue weighted by Crippen LogP contribution is 2.21. The number of rotatable bonds is 1. The van der Waals surface area contributed by atoms with Crippen molar-refractivity contribution in [3.8, 4) is 6.07 Å². The van der Waals surface area contributed by atoms with Gasteiger partial charge in [0.1, 0.15) is 17.4 Å². The number of carbonyl (C=O) groups excluding carboxylic acids is 1. The molecular formula is C16H15N7O. The lowest BCUT2D eigenvalue weighted by molar-refractivity contribution is 0.0708. The van der Waals surface area contributed by atoms with E-state index in [0.29, 0.717) is 42.1 Å². The largest absolute Gasteiger partial charge is 0.331 e. The van der Waals surface area contributed by atoms with E-state index < -0.39 is 0 Å². The van der Waals surface area contributed by atoms with Crippen LogP contribution in [-0.2, 0) is 20.1 Å². The Labute approximate surface area is 137 Å². The second-order valence-electron chi connectivity index (χ2n) is 5.83. The summed E-state index contributed by atoms with van der Waals surface area (Å²) in [7, 11) is 1.88. The third kappa shape index (κ3) is 2.06. The molecule has 1 aliphatic heterocycles. The SMILES string of the molecule is Cc1nc2c(C(=O)N3CCn4nc(C#N)cc4C3)ccnc2n1C. The van der Waals surface area contributed by atoms with Gasteiger partial charge in [-0.2, -0.15) is 10.4 Å². The third-order valence-corrected chi connectivity index (χ3v) is 4.41. The fraction of sp³-hybridized carbons (Fsp3) is 0.312. The number of nitriles is 1. The monoisotopic (exact) mass is 321 g/mol. The first-order valence-electron chi connectivity index (χ1n) is 7.62. The average molecular weight is 321 g/mol. The number of imidazole rings is 1. The van der Waals surface area contributed by atoms with Crippen molar-refractivity contribution in [2.24, 2.45) is 7.05 Å². The molecule has 0 saturated carbocycles. The van der Waals surface area contributed by atoms with Gasteiger partial charge in [-0.3, -0.25) is 9.48 Å². The van der Waals surface area contributed by atoms with Crippen LogP contribution in [0.15, 0.2) is 18.3 Å². The quantitative estimate of drug-likeness (QED) is 0.666. The molecule has 1 aliphatic rings. The average Bonchev–Trinajstić information content (AvgIpc) is 3.14. The Balaban J connectivity index is 1.70. The first-order valence-corrected chi connectivity index (χ1v) is 7.62. The van der Waals surface area contributed by atoms with Gasteiger partial charge in [-0.15, -0.1) is 0 Å². The summed E-state index contributed by atoms with van der Waals surface area (Å²) in [5.41, 5.74) is 3.13. The first-order chi connectivity index (χ1) is 11.6. The number of hydrogen-bond acceptors (Lipinski definition) is 5. The maximum atomic E-state index is 13.0. The zero-order valence-electron chi connectivity index (χ0n) is 13.4. The molecule has 24 heavy (non-hydrogen) atoms. The molecular weight excluding hydrogens is 306 g/mol. The van der Waals surface area contributed by atoms with Crippen LogP contribution < -0.4 is 0 Å². The molecule has 3 aromatic heterocycles. The molecule has 0 radical (unpaired) electrons. The summed E-state index contributed by atoms with van der Waals surface area (Å²) >= 11 is 0. The fourth-order valence-electron chi connectivity index (χ4n) is 3.03. The Morgan fingerprint density at radius 1 is 1.38 bits per heavy atom. The summed E-state index contributed by atoms with van der Waals surface area (Å²) in [6, 6.07) is 5.48. The normalized spacial score (nSPS) is 13.8. The van der Waals surface area contributed by atoms with E-state index in [2.05, 4.69) is 15.1 Å². The lowest BCUT2D eigenvalue weighted by Gasteiger charge is -2.27. The molecule has 4 heterocycles. The standard InChI is InChI=1S/C16H15N7O/c1-10-19-14-13(3-4-18-15(14)21(10)2)16(24)22-5-6-23-12(9-22)7-11(8-17)20-23/h3-4,7H,5-6,9H2,1-2H3. The predicted molar refractivity (Wildman–Crippen MR) is 84.9 cm³/mol. The molecule has 0 aliphatic carbocycles. The smallest absolute Gasteiger partial charge is 0.256 e. The van der Waals surface area contributed by atoms with Crippen LogP contribution >= 0.6 is 0 Å². The minimum absolute atomic E-state index is 0.0774. The topological polar surface area (TPSA) is 92.6 Å². The van der Waals surface area contributed by atoms with Gasteiger partial charge in [-0.1, -0.05) is 0 Å². The summed E-state index contributed by atoms with van der Waals surface area (Å²) in [6.07, 6.45) is 1.64. The second-order valence-corrected chi connectivity index (χ2v) is 5.83. The van der Waals surface area contributed by atoms with E-state index in [-0.39, 0.29) is 5.91 Å². The fourth-order valence-corrected chi connectivity index (χ4v) is 3.03. The van der Waals surface area contributed by atoms with Crippen LogP contribution in [0.4, 0.5) is 0 Å². The summed E-state index contributed by atoms with van der Waals surface area (Å²) in [5, 5.41) is 13.2. The van der Waals surface area contributed by atoms with Crippen LogP contribution in [0, 0.1) is 18.3 Å². The van der Waals surface area contributed by atoms with Crippen LogP contribution in [0.2, 0.25) is 0 Å². The number of pyridine rings is 1.